The average Bonchev–Trinajstić information content (AvgIpc) is 2.10. The Morgan fingerprint density at radius 2 is 1.92 bits per heavy atom. The zero-order valence-electron chi connectivity index (χ0n) is 8.59. The lowest BCUT2D eigenvalue weighted by atomic mass is 10.2. The smallest absolute Gasteiger partial charge is 0.131 e. The van der Waals surface area contributed by atoms with Gasteiger partial charge < -0.3 is 5.73 Å². The predicted octanol–water partition coefficient (Wildman–Crippen LogP) is 2.02. The first-order valence-electron chi connectivity index (χ1n) is 4.74. The fourth-order valence-corrected chi connectivity index (χ4v) is 1.16. The lowest BCUT2D eigenvalue weighted by molar-refractivity contribution is 0.747. The first-order valence-corrected chi connectivity index (χ1v) is 4.74. The van der Waals surface area contributed by atoms with E-state index >= 15 is 0 Å². The lowest BCUT2D eigenvalue weighted by Crippen LogP contribution is -2.04. The Bertz CT molecular complexity index is 271. The molecule has 1 heterocycles. The van der Waals surface area contributed by atoms with E-state index in [9.17, 15) is 0 Å². The van der Waals surface area contributed by atoms with Crippen LogP contribution in [0, 0.1) is 13.8 Å². The molecule has 0 amide bonds. The van der Waals surface area contributed by atoms with Crippen LogP contribution in [0.3, 0.4) is 0 Å². The zero-order chi connectivity index (χ0) is 9.84. The molecule has 0 aliphatic rings. The highest BCUT2D eigenvalue weighted by Crippen LogP contribution is 2.11. The van der Waals surface area contributed by atoms with Gasteiger partial charge in [-0.2, -0.15) is 0 Å². The number of hydrogen-bond donors (Lipinski definition) is 1. The van der Waals surface area contributed by atoms with E-state index in [4.69, 9.17) is 5.73 Å². The number of aromatic nitrogens is 2. The minimum absolute atomic E-state index is 0.624. The van der Waals surface area contributed by atoms with E-state index in [1.165, 1.54) is 0 Å². The molecule has 0 bridgehead atoms. The highest BCUT2D eigenvalue weighted by Gasteiger charge is 2.03. The van der Waals surface area contributed by atoms with Gasteiger partial charge in [-0.25, -0.2) is 9.97 Å². The molecule has 0 saturated heterocycles. The van der Waals surface area contributed by atoms with Crippen molar-refractivity contribution in [2.75, 3.05) is 5.73 Å². The standard InChI is InChI=1S/C10H17N3/c1-4-5-6-9-12-8(3)7(2)10(11)13-9/h4-6H2,1-3H3,(H2,11,12,13). The summed E-state index contributed by atoms with van der Waals surface area (Å²) in [7, 11) is 0. The fraction of sp³-hybridized carbons (Fsp3) is 0.600. The number of nitrogen functional groups attached to an aromatic ring is 1. The molecule has 72 valence electrons. The maximum absolute atomic E-state index is 5.74. The molecule has 1 aromatic heterocycles. The second-order valence-electron chi connectivity index (χ2n) is 3.34. The van der Waals surface area contributed by atoms with Gasteiger partial charge in [0.05, 0.1) is 0 Å². The molecular weight excluding hydrogens is 162 g/mol. The van der Waals surface area contributed by atoms with E-state index in [1.807, 2.05) is 13.8 Å². The Morgan fingerprint density at radius 1 is 1.23 bits per heavy atom. The van der Waals surface area contributed by atoms with E-state index in [0.29, 0.717) is 5.82 Å². The largest absolute Gasteiger partial charge is 0.383 e. The molecule has 0 spiro atoms. The Balaban J connectivity index is 2.86. The monoisotopic (exact) mass is 179 g/mol. The van der Waals surface area contributed by atoms with Crippen molar-refractivity contribution in [1.82, 2.24) is 9.97 Å². The highest BCUT2D eigenvalue weighted by molar-refractivity contribution is 5.40. The van der Waals surface area contributed by atoms with Gasteiger partial charge in [-0.05, 0) is 20.3 Å². The van der Waals surface area contributed by atoms with Crippen molar-refractivity contribution < 1.29 is 0 Å². The third kappa shape index (κ3) is 2.41. The van der Waals surface area contributed by atoms with Gasteiger partial charge in [0.2, 0.25) is 0 Å². The molecular formula is C10H17N3. The minimum atomic E-state index is 0.624. The molecule has 0 atom stereocenters. The molecule has 13 heavy (non-hydrogen) atoms. The number of unbranched alkanes of at least 4 members (excludes halogenated alkanes) is 1. The maximum Gasteiger partial charge on any atom is 0.131 e. The van der Waals surface area contributed by atoms with Crippen LogP contribution in [0.15, 0.2) is 0 Å². The maximum atomic E-state index is 5.74. The zero-order valence-corrected chi connectivity index (χ0v) is 8.59. The van der Waals surface area contributed by atoms with Gasteiger partial charge in [0.25, 0.3) is 0 Å². The number of aryl methyl sites for hydroxylation is 2. The van der Waals surface area contributed by atoms with Crippen LogP contribution in [0.4, 0.5) is 5.82 Å². The van der Waals surface area contributed by atoms with Gasteiger partial charge in [-0.15, -0.1) is 0 Å². The number of nitrogens with two attached hydrogens (primary N) is 1. The number of hydrogen-bond acceptors (Lipinski definition) is 3. The summed E-state index contributed by atoms with van der Waals surface area (Å²) in [5.41, 5.74) is 7.74. The van der Waals surface area contributed by atoms with Crippen molar-refractivity contribution in [3.8, 4) is 0 Å². The van der Waals surface area contributed by atoms with Crippen molar-refractivity contribution >= 4 is 5.82 Å². The Hall–Kier alpha value is -1.12. The minimum Gasteiger partial charge on any atom is -0.383 e. The van der Waals surface area contributed by atoms with Crippen molar-refractivity contribution in [2.24, 2.45) is 0 Å². The van der Waals surface area contributed by atoms with E-state index < -0.39 is 0 Å². The van der Waals surface area contributed by atoms with E-state index in [0.717, 1.165) is 36.3 Å². The summed E-state index contributed by atoms with van der Waals surface area (Å²) >= 11 is 0. The topological polar surface area (TPSA) is 51.8 Å². The summed E-state index contributed by atoms with van der Waals surface area (Å²) in [5.74, 6) is 1.50. The van der Waals surface area contributed by atoms with Gasteiger partial charge in [0.15, 0.2) is 0 Å². The molecule has 0 aliphatic carbocycles. The van der Waals surface area contributed by atoms with Crippen LogP contribution in [0.1, 0.15) is 36.8 Å². The van der Waals surface area contributed by atoms with E-state index in [1.54, 1.807) is 0 Å². The molecule has 0 aromatic carbocycles. The average molecular weight is 179 g/mol. The summed E-state index contributed by atoms with van der Waals surface area (Å²) in [6.07, 6.45) is 3.22. The first kappa shape index (κ1) is 9.96. The molecule has 0 unspecified atom stereocenters. The summed E-state index contributed by atoms with van der Waals surface area (Å²) in [5, 5.41) is 0. The first-order chi connectivity index (χ1) is 6.15. The van der Waals surface area contributed by atoms with Crippen LogP contribution in [0.2, 0.25) is 0 Å². The van der Waals surface area contributed by atoms with Crippen LogP contribution in [-0.4, -0.2) is 9.97 Å². The molecule has 0 saturated carbocycles. The Morgan fingerprint density at radius 3 is 2.46 bits per heavy atom. The van der Waals surface area contributed by atoms with Crippen molar-refractivity contribution in [2.45, 2.75) is 40.0 Å². The molecule has 3 nitrogen and oxygen atoms in total. The van der Waals surface area contributed by atoms with Crippen LogP contribution in [0.25, 0.3) is 0 Å². The quantitative estimate of drug-likeness (QED) is 0.772. The van der Waals surface area contributed by atoms with Crippen LogP contribution in [-0.2, 0) is 6.42 Å². The Labute approximate surface area is 79.4 Å². The molecule has 0 radical (unpaired) electrons. The third-order valence-electron chi connectivity index (χ3n) is 2.23. The summed E-state index contributed by atoms with van der Waals surface area (Å²) in [4.78, 5) is 8.62. The van der Waals surface area contributed by atoms with Crippen molar-refractivity contribution in [3.63, 3.8) is 0 Å². The van der Waals surface area contributed by atoms with Crippen LogP contribution in [0.5, 0.6) is 0 Å². The summed E-state index contributed by atoms with van der Waals surface area (Å²) in [6, 6.07) is 0. The van der Waals surface area contributed by atoms with Gasteiger partial charge in [0, 0.05) is 17.7 Å². The lowest BCUT2D eigenvalue weighted by Gasteiger charge is -2.05. The predicted molar refractivity (Wildman–Crippen MR) is 54.5 cm³/mol. The van der Waals surface area contributed by atoms with Crippen LogP contribution >= 0.6 is 0 Å². The molecule has 3 heteroatoms. The highest BCUT2D eigenvalue weighted by atomic mass is 14.9. The van der Waals surface area contributed by atoms with Gasteiger partial charge in [-0.1, -0.05) is 13.3 Å². The second kappa shape index (κ2) is 4.21. The van der Waals surface area contributed by atoms with Crippen LogP contribution < -0.4 is 5.73 Å². The van der Waals surface area contributed by atoms with Crippen molar-refractivity contribution in [1.29, 1.82) is 0 Å². The molecule has 0 fully saturated rings. The van der Waals surface area contributed by atoms with Gasteiger partial charge >= 0.3 is 0 Å². The third-order valence-corrected chi connectivity index (χ3v) is 2.23. The van der Waals surface area contributed by atoms with Crippen molar-refractivity contribution in [3.05, 3.63) is 17.1 Å². The number of rotatable bonds is 3. The number of anilines is 1. The number of nitrogens with zero attached hydrogens (tertiary/aromatic N) is 2. The second-order valence-corrected chi connectivity index (χ2v) is 3.34. The fourth-order valence-electron chi connectivity index (χ4n) is 1.16. The summed E-state index contributed by atoms with van der Waals surface area (Å²) < 4.78 is 0. The molecule has 2 N–H and O–H groups in total. The summed E-state index contributed by atoms with van der Waals surface area (Å²) in [6.45, 7) is 6.08. The van der Waals surface area contributed by atoms with Gasteiger partial charge in [-0.3, -0.25) is 0 Å². The molecule has 1 rings (SSSR count). The SMILES string of the molecule is CCCCc1nc(C)c(C)c(N)n1. The Kier molecular flexibility index (Phi) is 3.23. The van der Waals surface area contributed by atoms with Gasteiger partial charge in [0.1, 0.15) is 11.6 Å². The van der Waals surface area contributed by atoms with E-state index in [2.05, 4.69) is 16.9 Å². The molecule has 1 aromatic rings. The normalized spacial score (nSPS) is 10.4. The van der Waals surface area contributed by atoms with E-state index in [-0.39, 0.29) is 0 Å². The molecule has 0 aliphatic heterocycles.